The van der Waals surface area contributed by atoms with Crippen molar-refractivity contribution in [1.82, 2.24) is 9.62 Å². The van der Waals surface area contributed by atoms with Gasteiger partial charge in [-0.1, -0.05) is 38.1 Å². The van der Waals surface area contributed by atoms with Crippen molar-refractivity contribution in [2.45, 2.75) is 31.7 Å². The van der Waals surface area contributed by atoms with E-state index in [0.29, 0.717) is 5.56 Å². The molecule has 1 heterocycles. The molecule has 7 nitrogen and oxygen atoms in total. The number of amides is 1. The molecule has 1 amide bonds. The number of amidine groups is 1. The van der Waals surface area contributed by atoms with Crippen molar-refractivity contribution in [3.63, 3.8) is 0 Å². The highest BCUT2D eigenvalue weighted by Crippen LogP contribution is 2.22. The van der Waals surface area contributed by atoms with E-state index < -0.39 is 10.0 Å². The topological polar surface area (TPSA) is 90.9 Å². The third kappa shape index (κ3) is 5.21. The van der Waals surface area contributed by atoms with Gasteiger partial charge in [-0.2, -0.15) is 0 Å². The van der Waals surface area contributed by atoms with Crippen molar-refractivity contribution in [2.75, 3.05) is 25.0 Å². The Bertz CT molecular complexity index is 1010. The van der Waals surface area contributed by atoms with Crippen molar-refractivity contribution in [3.05, 3.63) is 59.7 Å². The van der Waals surface area contributed by atoms with Crippen LogP contribution in [0, 0.1) is 0 Å². The maximum absolute atomic E-state index is 12.3. The Kier molecular flexibility index (Phi) is 6.66. The van der Waals surface area contributed by atoms with Crippen LogP contribution in [0.25, 0.3) is 0 Å². The second-order valence-electron chi connectivity index (χ2n) is 6.79. The van der Waals surface area contributed by atoms with E-state index in [-0.39, 0.29) is 29.6 Å². The predicted octanol–water partition coefficient (Wildman–Crippen LogP) is 2.60. The maximum Gasteiger partial charge on any atom is 0.263 e. The normalized spacial score (nSPS) is 15.9. The molecule has 2 N–H and O–H groups in total. The van der Waals surface area contributed by atoms with E-state index in [0.717, 1.165) is 30.9 Å². The van der Waals surface area contributed by atoms with Crippen molar-refractivity contribution in [3.8, 4) is 0 Å². The van der Waals surface area contributed by atoms with Crippen molar-refractivity contribution >= 4 is 27.5 Å². The van der Waals surface area contributed by atoms with Crippen LogP contribution in [-0.2, 0) is 21.4 Å². The van der Waals surface area contributed by atoms with Crippen LogP contribution in [0.5, 0.6) is 0 Å². The second-order valence-corrected chi connectivity index (χ2v) is 8.44. The zero-order chi connectivity index (χ0) is 20.9. The van der Waals surface area contributed by atoms with Gasteiger partial charge in [0.2, 0.25) is 5.91 Å². The van der Waals surface area contributed by atoms with E-state index in [4.69, 9.17) is 0 Å². The summed E-state index contributed by atoms with van der Waals surface area (Å²) in [6.45, 7) is 7.22. The zero-order valence-electron chi connectivity index (χ0n) is 16.7. The Hall–Kier alpha value is -2.71. The van der Waals surface area contributed by atoms with E-state index in [9.17, 15) is 13.2 Å². The third-order valence-electron chi connectivity index (χ3n) is 4.78. The first-order valence-corrected chi connectivity index (χ1v) is 11.2. The number of hydrogen-bond acceptors (Lipinski definition) is 5. The van der Waals surface area contributed by atoms with Crippen LogP contribution in [0.2, 0.25) is 0 Å². The number of anilines is 1. The van der Waals surface area contributed by atoms with Gasteiger partial charge in [-0.05, 0) is 42.9 Å². The lowest BCUT2D eigenvalue weighted by Crippen LogP contribution is -2.23. The monoisotopic (exact) mass is 414 g/mol. The highest BCUT2D eigenvalue weighted by atomic mass is 32.2. The molecule has 0 saturated heterocycles. The molecule has 0 aliphatic carbocycles. The molecule has 2 aromatic rings. The van der Waals surface area contributed by atoms with Crippen LogP contribution in [0.1, 0.15) is 31.4 Å². The number of carbonyl (C=O) groups is 1. The highest BCUT2D eigenvalue weighted by molar-refractivity contribution is 7.90. The molecular weight excluding hydrogens is 388 g/mol. The summed E-state index contributed by atoms with van der Waals surface area (Å²) in [5, 5.41) is 2.89. The Morgan fingerprint density at radius 3 is 2.62 bits per heavy atom. The lowest BCUT2D eigenvalue weighted by Gasteiger charge is -2.18. The number of rotatable bonds is 8. The highest BCUT2D eigenvalue weighted by Gasteiger charge is 2.29. The Labute approximate surface area is 171 Å². The minimum atomic E-state index is -3.56. The molecule has 29 heavy (non-hydrogen) atoms. The fourth-order valence-electron chi connectivity index (χ4n) is 3.20. The quantitative estimate of drug-likeness (QED) is 0.695. The number of sulfonamides is 1. The molecule has 1 aliphatic heterocycles. The van der Waals surface area contributed by atoms with E-state index in [1.165, 1.54) is 6.07 Å². The summed E-state index contributed by atoms with van der Waals surface area (Å²) < 4.78 is 26.6. The van der Waals surface area contributed by atoms with Gasteiger partial charge in [0.25, 0.3) is 10.0 Å². The molecule has 0 radical (unpaired) electrons. The molecule has 8 heteroatoms. The largest absolute Gasteiger partial charge is 0.326 e. The summed E-state index contributed by atoms with van der Waals surface area (Å²) in [7, 11) is -3.56. The Balaban J connectivity index is 1.58. The standard InChI is InChI=1S/C21H26N4O3S/c1-3-25(4-2)15-16-8-7-9-17(14-16)23-20(26)12-13-22-21-18-10-5-6-11-19(18)29(27,28)24-21/h5-11,14H,3-4,12-13,15H2,1-2H3,(H,22,24)(H,23,26). The number of carbonyl (C=O) groups excluding carboxylic acids is 1. The molecule has 0 saturated carbocycles. The molecule has 0 unspecified atom stereocenters. The number of benzene rings is 2. The number of nitrogens with zero attached hydrogens (tertiary/aromatic N) is 2. The van der Waals surface area contributed by atoms with Gasteiger partial charge in [-0.15, -0.1) is 0 Å². The first kappa shape index (κ1) is 21.0. The van der Waals surface area contributed by atoms with Crippen LogP contribution in [0.4, 0.5) is 5.69 Å². The molecule has 0 spiro atoms. The van der Waals surface area contributed by atoms with Gasteiger partial charge in [-0.25, -0.2) is 8.42 Å². The summed E-state index contributed by atoms with van der Waals surface area (Å²) in [6, 6.07) is 14.5. The van der Waals surface area contributed by atoms with Gasteiger partial charge < -0.3 is 5.32 Å². The van der Waals surface area contributed by atoms with E-state index in [1.807, 2.05) is 24.3 Å². The second kappa shape index (κ2) is 9.19. The summed E-state index contributed by atoms with van der Waals surface area (Å²) in [4.78, 5) is 19.1. The van der Waals surface area contributed by atoms with Crippen molar-refractivity contribution < 1.29 is 13.2 Å². The van der Waals surface area contributed by atoms with Gasteiger partial charge in [-0.3, -0.25) is 19.4 Å². The average molecular weight is 415 g/mol. The van der Waals surface area contributed by atoms with Crippen LogP contribution in [0.3, 0.4) is 0 Å². The molecule has 0 bridgehead atoms. The van der Waals surface area contributed by atoms with Gasteiger partial charge in [0.15, 0.2) is 0 Å². The molecule has 154 valence electrons. The van der Waals surface area contributed by atoms with Crippen LogP contribution < -0.4 is 10.0 Å². The molecule has 0 fully saturated rings. The average Bonchev–Trinajstić information content (AvgIpc) is 2.97. The molecule has 2 aromatic carbocycles. The summed E-state index contributed by atoms with van der Waals surface area (Å²) in [6.07, 6.45) is 0.160. The van der Waals surface area contributed by atoms with Crippen molar-refractivity contribution in [2.24, 2.45) is 4.99 Å². The molecule has 0 atom stereocenters. The third-order valence-corrected chi connectivity index (χ3v) is 6.18. The lowest BCUT2D eigenvalue weighted by molar-refractivity contribution is -0.116. The Morgan fingerprint density at radius 1 is 1.10 bits per heavy atom. The van der Waals surface area contributed by atoms with Gasteiger partial charge in [0.1, 0.15) is 5.84 Å². The van der Waals surface area contributed by atoms with Crippen molar-refractivity contribution in [1.29, 1.82) is 0 Å². The first-order chi connectivity index (χ1) is 13.9. The number of nitrogens with one attached hydrogen (secondary N) is 2. The molecule has 3 rings (SSSR count). The predicted molar refractivity (Wildman–Crippen MR) is 114 cm³/mol. The van der Waals surface area contributed by atoms with E-state index in [1.54, 1.807) is 18.2 Å². The fourth-order valence-corrected chi connectivity index (χ4v) is 4.45. The van der Waals surface area contributed by atoms with Crippen LogP contribution in [-0.4, -0.2) is 44.7 Å². The smallest absolute Gasteiger partial charge is 0.263 e. The van der Waals surface area contributed by atoms with Gasteiger partial charge in [0.05, 0.1) is 11.4 Å². The van der Waals surface area contributed by atoms with Gasteiger partial charge >= 0.3 is 0 Å². The first-order valence-electron chi connectivity index (χ1n) is 9.70. The number of fused-ring (bicyclic) bond motifs is 1. The Morgan fingerprint density at radius 2 is 1.86 bits per heavy atom. The maximum atomic E-state index is 12.3. The fraction of sp³-hybridized carbons (Fsp3) is 0.333. The summed E-state index contributed by atoms with van der Waals surface area (Å²) >= 11 is 0. The molecule has 0 aromatic heterocycles. The lowest BCUT2D eigenvalue weighted by atomic mass is 10.2. The van der Waals surface area contributed by atoms with Crippen LogP contribution >= 0.6 is 0 Å². The van der Waals surface area contributed by atoms with E-state index in [2.05, 4.69) is 33.8 Å². The summed E-state index contributed by atoms with van der Waals surface area (Å²) in [5.74, 6) is 0.123. The van der Waals surface area contributed by atoms with E-state index >= 15 is 0 Å². The van der Waals surface area contributed by atoms with Crippen LogP contribution in [0.15, 0.2) is 58.4 Å². The minimum Gasteiger partial charge on any atom is -0.326 e. The summed E-state index contributed by atoms with van der Waals surface area (Å²) in [5.41, 5.74) is 2.43. The minimum absolute atomic E-state index is 0.160. The molecular formula is C21H26N4O3S. The number of aliphatic imine (C=N–C) groups is 1. The molecule has 1 aliphatic rings. The van der Waals surface area contributed by atoms with Gasteiger partial charge in [0, 0.05) is 24.2 Å². The SMILES string of the molecule is CCN(CC)Cc1cccc(NC(=O)CCN=C2NS(=O)(=O)c3ccccc32)c1. The number of hydrogen-bond donors (Lipinski definition) is 2. The zero-order valence-corrected chi connectivity index (χ0v) is 17.5.